The van der Waals surface area contributed by atoms with Crippen LogP contribution in [-0.2, 0) is 10.8 Å². The molecule has 203 valence electrons. The minimum absolute atomic E-state index is 0.0156. The fourth-order valence-corrected chi connectivity index (χ4v) is 5.02. The van der Waals surface area contributed by atoms with Crippen LogP contribution in [0.25, 0.3) is 10.9 Å². The highest BCUT2D eigenvalue weighted by molar-refractivity contribution is 6.49. The van der Waals surface area contributed by atoms with Crippen LogP contribution in [0, 0.1) is 0 Å². The highest BCUT2D eigenvalue weighted by Gasteiger charge is 2.27. The van der Waals surface area contributed by atoms with Crippen LogP contribution in [0.15, 0.2) is 66.9 Å². The molecule has 0 spiro atoms. The highest BCUT2D eigenvalue weighted by Crippen LogP contribution is 2.42. The third kappa shape index (κ3) is 6.42. The molecule has 0 saturated carbocycles. The topological polar surface area (TPSA) is 83.2 Å². The minimum atomic E-state index is -1.19. The summed E-state index contributed by atoms with van der Waals surface area (Å²) in [5, 5.41) is 7.14. The number of benzene rings is 3. The number of H-pyrrole nitrogens is 1. The smallest absolute Gasteiger partial charge is 0.274 e. The van der Waals surface area contributed by atoms with E-state index in [1.807, 2.05) is 73.9 Å². The zero-order valence-electron chi connectivity index (χ0n) is 24.1. The number of fused-ring (bicyclic) bond motifs is 1. The molecule has 0 aliphatic heterocycles. The van der Waals surface area contributed by atoms with Crippen molar-refractivity contribution in [3.05, 3.63) is 89.1 Å². The standard InChI is InChI=1S/C32H38N3O3Si/c1-31(2,3)23-13-11-21(12-14-23)29(36)35-27-25(16-15-24(32(4,5)6)28(27)38-39(7)8)34-30(37)22-10-9-20-17-18-33-26(20)19-22/h9-19,33H,1-8H3,(H,34,37)(H,35,36). The van der Waals surface area contributed by atoms with Crippen LogP contribution in [0.2, 0.25) is 13.1 Å². The fraction of sp³-hybridized carbons (Fsp3) is 0.312. The lowest BCUT2D eigenvalue weighted by Gasteiger charge is -2.28. The van der Waals surface area contributed by atoms with Gasteiger partial charge in [-0.25, -0.2) is 0 Å². The van der Waals surface area contributed by atoms with E-state index in [-0.39, 0.29) is 22.6 Å². The lowest BCUT2D eigenvalue weighted by molar-refractivity contribution is 0.101. The van der Waals surface area contributed by atoms with Crippen molar-refractivity contribution in [3.8, 4) is 5.75 Å². The normalized spacial score (nSPS) is 12.0. The van der Waals surface area contributed by atoms with Gasteiger partial charge in [0.2, 0.25) is 0 Å². The minimum Gasteiger partial charge on any atom is -0.541 e. The SMILES string of the molecule is C[Si](C)Oc1c(C(C)(C)C)ccc(NC(=O)c2ccc3cc[nH]c3c2)c1NC(=O)c1ccc(C(C)(C)C)cc1. The summed E-state index contributed by atoms with van der Waals surface area (Å²) in [5.74, 6) is 0.0545. The number of nitrogens with one attached hydrogen (secondary N) is 3. The van der Waals surface area contributed by atoms with Gasteiger partial charge in [-0.05, 0) is 71.3 Å². The van der Waals surface area contributed by atoms with Gasteiger partial charge in [-0.3, -0.25) is 9.59 Å². The number of carbonyl (C=O) groups is 2. The van der Waals surface area contributed by atoms with Gasteiger partial charge in [0.25, 0.3) is 20.9 Å². The van der Waals surface area contributed by atoms with E-state index in [0.717, 1.165) is 22.0 Å². The molecule has 3 N–H and O–H groups in total. The molecule has 3 aromatic carbocycles. The lowest BCUT2D eigenvalue weighted by Crippen LogP contribution is -2.23. The van der Waals surface area contributed by atoms with Crippen molar-refractivity contribution < 1.29 is 14.0 Å². The Morgan fingerprint density at radius 1 is 0.769 bits per heavy atom. The van der Waals surface area contributed by atoms with Crippen LogP contribution in [0.3, 0.4) is 0 Å². The summed E-state index contributed by atoms with van der Waals surface area (Å²) >= 11 is 0. The Hall–Kier alpha value is -3.84. The number of rotatable bonds is 6. The largest absolute Gasteiger partial charge is 0.541 e. The van der Waals surface area contributed by atoms with Gasteiger partial charge in [0, 0.05) is 28.4 Å². The number of amides is 2. The third-order valence-electron chi connectivity index (χ3n) is 6.59. The van der Waals surface area contributed by atoms with Gasteiger partial charge in [-0.2, -0.15) is 0 Å². The number of aromatic amines is 1. The predicted octanol–water partition coefficient (Wildman–Crippen LogP) is 7.90. The van der Waals surface area contributed by atoms with Crippen LogP contribution < -0.4 is 15.1 Å². The van der Waals surface area contributed by atoms with Crippen LogP contribution in [0.5, 0.6) is 5.75 Å². The molecule has 39 heavy (non-hydrogen) atoms. The lowest BCUT2D eigenvalue weighted by atomic mass is 9.85. The average molecular weight is 541 g/mol. The molecular weight excluding hydrogens is 502 g/mol. The van der Waals surface area contributed by atoms with E-state index >= 15 is 0 Å². The van der Waals surface area contributed by atoms with Crippen molar-refractivity contribution >= 4 is 43.1 Å². The fourth-order valence-electron chi connectivity index (χ4n) is 4.40. The quantitative estimate of drug-likeness (QED) is 0.217. The van der Waals surface area contributed by atoms with Gasteiger partial charge in [0.15, 0.2) is 0 Å². The van der Waals surface area contributed by atoms with Gasteiger partial charge < -0.3 is 20.0 Å². The molecule has 0 aliphatic carbocycles. The van der Waals surface area contributed by atoms with Crippen LogP contribution >= 0.6 is 0 Å². The van der Waals surface area contributed by atoms with Crippen LogP contribution in [0.1, 0.15) is 73.4 Å². The molecule has 6 nitrogen and oxygen atoms in total. The molecule has 1 radical (unpaired) electrons. The van der Waals surface area contributed by atoms with Gasteiger partial charge in [-0.1, -0.05) is 65.8 Å². The maximum absolute atomic E-state index is 13.5. The zero-order chi connectivity index (χ0) is 28.5. The summed E-state index contributed by atoms with van der Waals surface area (Å²) in [6.45, 7) is 16.8. The van der Waals surface area contributed by atoms with Gasteiger partial charge in [-0.15, -0.1) is 0 Å². The van der Waals surface area contributed by atoms with Gasteiger partial charge >= 0.3 is 0 Å². The van der Waals surface area contributed by atoms with Gasteiger partial charge in [0.1, 0.15) is 11.4 Å². The van der Waals surface area contributed by atoms with Crippen molar-refractivity contribution in [1.29, 1.82) is 0 Å². The molecule has 0 aliphatic rings. The van der Waals surface area contributed by atoms with Gasteiger partial charge in [0.05, 0.1) is 5.69 Å². The second-order valence-corrected chi connectivity index (χ2v) is 14.2. The molecule has 0 unspecified atom stereocenters. The molecule has 4 rings (SSSR count). The summed E-state index contributed by atoms with van der Waals surface area (Å²) < 4.78 is 6.41. The Kier molecular flexibility index (Phi) is 7.75. The molecule has 1 aromatic heterocycles. The predicted molar refractivity (Wildman–Crippen MR) is 163 cm³/mol. The second kappa shape index (κ2) is 10.7. The first-order valence-electron chi connectivity index (χ1n) is 13.2. The van der Waals surface area contributed by atoms with E-state index in [0.29, 0.717) is 28.3 Å². The first kappa shape index (κ1) is 28.2. The van der Waals surface area contributed by atoms with E-state index in [1.54, 1.807) is 6.07 Å². The van der Waals surface area contributed by atoms with E-state index in [4.69, 9.17) is 4.43 Å². The van der Waals surface area contributed by atoms with Crippen molar-refractivity contribution in [2.24, 2.45) is 0 Å². The maximum Gasteiger partial charge on any atom is 0.274 e. The number of aromatic nitrogens is 1. The zero-order valence-corrected chi connectivity index (χ0v) is 25.1. The molecule has 0 atom stereocenters. The number of carbonyl (C=O) groups excluding carboxylic acids is 2. The van der Waals surface area contributed by atoms with Crippen molar-refractivity contribution in [2.75, 3.05) is 10.6 Å². The summed E-state index contributed by atoms with van der Waals surface area (Å²) in [6.07, 6.45) is 1.84. The van der Waals surface area contributed by atoms with Crippen molar-refractivity contribution in [2.45, 2.75) is 65.5 Å². The average Bonchev–Trinajstić information content (AvgIpc) is 3.32. The molecule has 7 heteroatoms. The first-order valence-corrected chi connectivity index (χ1v) is 15.6. The molecular formula is C32H38N3O3Si. The van der Waals surface area contributed by atoms with E-state index in [2.05, 4.69) is 57.2 Å². The Balaban J connectivity index is 1.76. The molecule has 1 heterocycles. The van der Waals surface area contributed by atoms with Crippen molar-refractivity contribution in [3.63, 3.8) is 0 Å². The van der Waals surface area contributed by atoms with E-state index in [1.165, 1.54) is 0 Å². The molecule has 0 fully saturated rings. The van der Waals surface area contributed by atoms with E-state index in [9.17, 15) is 9.59 Å². The number of anilines is 2. The highest BCUT2D eigenvalue weighted by atomic mass is 28.3. The molecule has 0 bridgehead atoms. The molecule has 0 saturated heterocycles. The Morgan fingerprint density at radius 3 is 2.03 bits per heavy atom. The Morgan fingerprint density at radius 2 is 1.41 bits per heavy atom. The second-order valence-electron chi connectivity index (χ2n) is 12.1. The maximum atomic E-state index is 13.5. The number of hydrogen-bond donors (Lipinski definition) is 3. The Bertz CT molecular complexity index is 1510. The summed E-state index contributed by atoms with van der Waals surface area (Å²) in [6, 6.07) is 18.9. The summed E-state index contributed by atoms with van der Waals surface area (Å²) in [7, 11) is -1.19. The first-order chi connectivity index (χ1) is 18.2. The van der Waals surface area contributed by atoms with Crippen molar-refractivity contribution in [1.82, 2.24) is 4.98 Å². The summed E-state index contributed by atoms with van der Waals surface area (Å²) in [4.78, 5) is 30.0. The summed E-state index contributed by atoms with van der Waals surface area (Å²) in [5.41, 5.74) is 4.71. The Labute approximate surface area is 232 Å². The van der Waals surface area contributed by atoms with E-state index < -0.39 is 9.04 Å². The van der Waals surface area contributed by atoms with Crippen LogP contribution in [0.4, 0.5) is 11.4 Å². The molecule has 4 aromatic rings. The van der Waals surface area contributed by atoms with Crippen LogP contribution in [-0.4, -0.2) is 25.8 Å². The molecule has 2 amide bonds. The number of hydrogen-bond acceptors (Lipinski definition) is 3. The third-order valence-corrected chi connectivity index (χ3v) is 7.20. The monoisotopic (exact) mass is 540 g/mol.